The van der Waals surface area contributed by atoms with Crippen LogP contribution in [0, 0.1) is 5.92 Å². The lowest BCUT2D eigenvalue weighted by Crippen LogP contribution is -2.33. The second-order valence-electron chi connectivity index (χ2n) is 4.22. The molecule has 1 heterocycles. The summed E-state index contributed by atoms with van der Waals surface area (Å²) in [6.07, 6.45) is 2.60. The Morgan fingerprint density at radius 3 is 3.06 bits per heavy atom. The first-order valence-electron chi connectivity index (χ1n) is 5.65. The Labute approximate surface area is 110 Å². The summed E-state index contributed by atoms with van der Waals surface area (Å²) in [5.74, 6) is 0.733. The van der Waals surface area contributed by atoms with Crippen LogP contribution in [0.25, 0.3) is 0 Å². The Morgan fingerprint density at radius 1 is 1.50 bits per heavy atom. The first-order chi connectivity index (χ1) is 7.75. The molecule has 1 unspecified atom stereocenters. The predicted molar refractivity (Wildman–Crippen MR) is 73.2 cm³/mol. The molecule has 1 saturated heterocycles. The predicted octanol–water partition coefficient (Wildman–Crippen LogP) is 3.51. The number of halogens is 2. The number of nitrogens with one attached hydrogen (secondary N) is 2. The van der Waals surface area contributed by atoms with Gasteiger partial charge in [-0.2, -0.15) is 0 Å². The maximum absolute atomic E-state index is 5.90. The van der Waals surface area contributed by atoms with Gasteiger partial charge in [0.2, 0.25) is 0 Å². The van der Waals surface area contributed by atoms with E-state index in [4.69, 9.17) is 11.6 Å². The number of anilines is 1. The Morgan fingerprint density at radius 2 is 2.38 bits per heavy atom. The second kappa shape index (κ2) is 5.89. The molecule has 0 spiro atoms. The lowest BCUT2D eigenvalue weighted by Gasteiger charge is -2.23. The molecule has 2 nitrogen and oxygen atoms in total. The summed E-state index contributed by atoms with van der Waals surface area (Å²) in [6, 6.07) is 5.85. The van der Waals surface area contributed by atoms with E-state index < -0.39 is 0 Å². The Balaban J connectivity index is 1.88. The van der Waals surface area contributed by atoms with Gasteiger partial charge < -0.3 is 10.6 Å². The van der Waals surface area contributed by atoms with Gasteiger partial charge in [-0.05, 0) is 66.0 Å². The molecule has 1 aromatic rings. The Kier molecular flexibility index (Phi) is 4.50. The fourth-order valence-corrected chi connectivity index (χ4v) is 2.81. The van der Waals surface area contributed by atoms with Crippen LogP contribution in [0.4, 0.5) is 5.69 Å². The fourth-order valence-electron chi connectivity index (χ4n) is 1.99. The van der Waals surface area contributed by atoms with Crippen LogP contribution in [0.2, 0.25) is 5.02 Å². The van der Waals surface area contributed by atoms with Crippen LogP contribution in [0.1, 0.15) is 12.8 Å². The van der Waals surface area contributed by atoms with Gasteiger partial charge in [0, 0.05) is 21.7 Å². The zero-order valence-corrected chi connectivity index (χ0v) is 11.4. The van der Waals surface area contributed by atoms with Gasteiger partial charge in [-0.15, -0.1) is 0 Å². The minimum Gasteiger partial charge on any atom is -0.384 e. The zero-order chi connectivity index (χ0) is 11.4. The molecule has 0 aromatic heterocycles. The largest absolute Gasteiger partial charge is 0.384 e. The molecule has 1 aliphatic heterocycles. The van der Waals surface area contributed by atoms with Gasteiger partial charge in [-0.25, -0.2) is 0 Å². The summed E-state index contributed by atoms with van der Waals surface area (Å²) in [6.45, 7) is 3.31. The molecule has 0 aliphatic carbocycles. The quantitative estimate of drug-likeness (QED) is 0.893. The van der Waals surface area contributed by atoms with E-state index in [0.717, 1.165) is 34.2 Å². The van der Waals surface area contributed by atoms with Crippen molar-refractivity contribution >= 4 is 33.2 Å². The normalized spacial score (nSPS) is 20.8. The van der Waals surface area contributed by atoms with E-state index in [1.807, 2.05) is 18.2 Å². The van der Waals surface area contributed by atoms with Gasteiger partial charge in [0.05, 0.1) is 0 Å². The first-order valence-corrected chi connectivity index (χ1v) is 6.82. The van der Waals surface area contributed by atoms with E-state index in [9.17, 15) is 0 Å². The number of hydrogen-bond donors (Lipinski definition) is 2. The summed E-state index contributed by atoms with van der Waals surface area (Å²) >= 11 is 9.41. The van der Waals surface area contributed by atoms with Gasteiger partial charge in [0.1, 0.15) is 0 Å². The molecule has 0 bridgehead atoms. The molecule has 2 rings (SSSR count). The standard InChI is InChI=1S/C12H16BrClN2/c13-11-6-10(14)3-4-12(11)16-8-9-2-1-5-15-7-9/h3-4,6,9,15-16H,1-2,5,7-8H2. The number of benzene rings is 1. The van der Waals surface area contributed by atoms with Crippen LogP contribution in [0.3, 0.4) is 0 Å². The van der Waals surface area contributed by atoms with Crippen LogP contribution in [0.15, 0.2) is 22.7 Å². The van der Waals surface area contributed by atoms with Crippen LogP contribution >= 0.6 is 27.5 Å². The molecule has 1 atom stereocenters. The fraction of sp³-hybridized carbons (Fsp3) is 0.500. The van der Waals surface area contributed by atoms with Crippen molar-refractivity contribution in [1.29, 1.82) is 0 Å². The maximum Gasteiger partial charge on any atom is 0.0485 e. The Bertz CT molecular complexity index is 351. The van der Waals surface area contributed by atoms with Crippen molar-refractivity contribution in [3.8, 4) is 0 Å². The van der Waals surface area contributed by atoms with Gasteiger partial charge in [0.25, 0.3) is 0 Å². The van der Waals surface area contributed by atoms with E-state index in [1.54, 1.807) is 0 Å². The number of hydrogen-bond acceptors (Lipinski definition) is 2. The maximum atomic E-state index is 5.90. The minimum absolute atomic E-state index is 0.733. The van der Waals surface area contributed by atoms with E-state index in [2.05, 4.69) is 26.6 Å². The molecule has 1 aromatic carbocycles. The average molecular weight is 304 g/mol. The second-order valence-corrected chi connectivity index (χ2v) is 5.51. The number of piperidine rings is 1. The van der Waals surface area contributed by atoms with Crippen molar-refractivity contribution in [1.82, 2.24) is 5.32 Å². The summed E-state index contributed by atoms with van der Waals surface area (Å²) in [5.41, 5.74) is 1.12. The average Bonchev–Trinajstić information content (AvgIpc) is 2.29. The van der Waals surface area contributed by atoms with Crippen LogP contribution in [0.5, 0.6) is 0 Å². The molecule has 88 valence electrons. The molecule has 1 fully saturated rings. The summed E-state index contributed by atoms with van der Waals surface area (Å²) < 4.78 is 1.03. The lowest BCUT2D eigenvalue weighted by molar-refractivity contribution is 0.393. The summed E-state index contributed by atoms with van der Waals surface area (Å²) in [4.78, 5) is 0. The highest BCUT2D eigenvalue weighted by Gasteiger charge is 2.12. The first kappa shape index (κ1) is 12.2. The van der Waals surface area contributed by atoms with E-state index in [-0.39, 0.29) is 0 Å². The third kappa shape index (κ3) is 3.37. The van der Waals surface area contributed by atoms with E-state index in [1.165, 1.54) is 19.4 Å². The molecule has 0 saturated carbocycles. The third-order valence-electron chi connectivity index (χ3n) is 2.91. The third-order valence-corrected chi connectivity index (χ3v) is 3.80. The topological polar surface area (TPSA) is 24.1 Å². The van der Waals surface area contributed by atoms with Crippen molar-refractivity contribution in [3.63, 3.8) is 0 Å². The molecule has 16 heavy (non-hydrogen) atoms. The molecular weight excluding hydrogens is 288 g/mol. The SMILES string of the molecule is Clc1ccc(NCC2CCCNC2)c(Br)c1. The highest BCUT2D eigenvalue weighted by atomic mass is 79.9. The minimum atomic E-state index is 0.733. The highest BCUT2D eigenvalue weighted by molar-refractivity contribution is 9.10. The summed E-state index contributed by atoms with van der Waals surface area (Å²) in [5, 5.41) is 7.65. The van der Waals surface area contributed by atoms with Crippen molar-refractivity contribution in [2.45, 2.75) is 12.8 Å². The molecule has 0 amide bonds. The van der Waals surface area contributed by atoms with Gasteiger partial charge >= 0.3 is 0 Å². The van der Waals surface area contributed by atoms with E-state index >= 15 is 0 Å². The van der Waals surface area contributed by atoms with Gasteiger partial charge in [-0.1, -0.05) is 11.6 Å². The smallest absolute Gasteiger partial charge is 0.0485 e. The van der Waals surface area contributed by atoms with Crippen molar-refractivity contribution in [3.05, 3.63) is 27.7 Å². The zero-order valence-electron chi connectivity index (χ0n) is 9.10. The molecular formula is C12H16BrClN2. The van der Waals surface area contributed by atoms with Crippen molar-refractivity contribution in [2.24, 2.45) is 5.92 Å². The van der Waals surface area contributed by atoms with Crippen LogP contribution in [-0.4, -0.2) is 19.6 Å². The van der Waals surface area contributed by atoms with Crippen molar-refractivity contribution in [2.75, 3.05) is 25.0 Å². The molecule has 0 radical (unpaired) electrons. The lowest BCUT2D eigenvalue weighted by atomic mass is 10.00. The van der Waals surface area contributed by atoms with E-state index in [0.29, 0.717) is 0 Å². The molecule has 4 heteroatoms. The van der Waals surface area contributed by atoms with Gasteiger partial charge in [0.15, 0.2) is 0 Å². The Hall–Kier alpha value is -0.250. The molecule has 2 N–H and O–H groups in total. The highest BCUT2D eigenvalue weighted by Crippen LogP contribution is 2.26. The number of rotatable bonds is 3. The van der Waals surface area contributed by atoms with Crippen LogP contribution < -0.4 is 10.6 Å². The van der Waals surface area contributed by atoms with Crippen LogP contribution in [-0.2, 0) is 0 Å². The summed E-state index contributed by atoms with van der Waals surface area (Å²) in [7, 11) is 0. The van der Waals surface area contributed by atoms with Crippen molar-refractivity contribution < 1.29 is 0 Å². The monoisotopic (exact) mass is 302 g/mol. The molecule has 1 aliphatic rings. The van der Waals surface area contributed by atoms with Gasteiger partial charge in [-0.3, -0.25) is 0 Å².